The van der Waals surface area contributed by atoms with Crippen molar-refractivity contribution in [2.45, 2.75) is 19.3 Å². The molecule has 0 heterocycles. The van der Waals surface area contributed by atoms with Crippen LogP contribution in [0, 0.1) is 0 Å². The minimum absolute atomic E-state index is 0.117. The zero-order chi connectivity index (χ0) is 36.0. The average Bonchev–Trinajstić information content (AvgIpc) is 3.45. The highest BCUT2D eigenvalue weighted by atomic mass is 15.1. The van der Waals surface area contributed by atoms with E-state index in [1.54, 1.807) is 0 Å². The molecule has 0 amide bonds. The fourth-order valence-corrected chi connectivity index (χ4v) is 9.34. The Morgan fingerprint density at radius 3 is 1.70 bits per heavy atom. The summed E-state index contributed by atoms with van der Waals surface area (Å²) in [6, 6.07) is 69.7. The molecule has 10 aromatic rings. The molecular formula is C53H37N. The van der Waals surface area contributed by atoms with Crippen LogP contribution >= 0.6 is 0 Å². The summed E-state index contributed by atoms with van der Waals surface area (Å²) in [5.74, 6) is 0. The van der Waals surface area contributed by atoms with Crippen LogP contribution in [0.15, 0.2) is 188 Å². The Morgan fingerprint density at radius 2 is 0.889 bits per heavy atom. The molecule has 0 spiro atoms. The first-order chi connectivity index (χ1) is 26.5. The van der Waals surface area contributed by atoms with Crippen molar-refractivity contribution >= 4 is 70.9 Å². The molecular weight excluding hydrogens is 651 g/mol. The van der Waals surface area contributed by atoms with E-state index in [-0.39, 0.29) is 5.41 Å². The average molecular weight is 688 g/mol. The first-order valence-electron chi connectivity index (χ1n) is 18.9. The molecule has 11 rings (SSSR count). The highest BCUT2D eigenvalue weighted by Crippen LogP contribution is 2.52. The van der Waals surface area contributed by atoms with Crippen LogP contribution in [0.5, 0.6) is 0 Å². The van der Waals surface area contributed by atoms with Crippen molar-refractivity contribution in [3.8, 4) is 22.3 Å². The number of nitrogens with zero attached hydrogens (tertiary/aromatic N) is 1. The summed E-state index contributed by atoms with van der Waals surface area (Å²) in [7, 11) is 0. The molecule has 0 saturated carbocycles. The van der Waals surface area contributed by atoms with Gasteiger partial charge < -0.3 is 4.90 Å². The van der Waals surface area contributed by atoms with E-state index in [9.17, 15) is 0 Å². The van der Waals surface area contributed by atoms with E-state index < -0.39 is 0 Å². The van der Waals surface area contributed by atoms with E-state index in [0.29, 0.717) is 0 Å². The van der Waals surface area contributed by atoms with E-state index in [2.05, 4.69) is 207 Å². The van der Waals surface area contributed by atoms with Crippen molar-refractivity contribution < 1.29 is 0 Å². The van der Waals surface area contributed by atoms with Crippen LogP contribution in [0.3, 0.4) is 0 Å². The zero-order valence-electron chi connectivity index (χ0n) is 30.3. The Kier molecular flexibility index (Phi) is 6.66. The Labute approximate surface area is 315 Å². The zero-order valence-corrected chi connectivity index (χ0v) is 30.3. The molecule has 0 atom stereocenters. The molecule has 0 N–H and O–H groups in total. The number of fused-ring (bicyclic) bond motifs is 11. The van der Waals surface area contributed by atoms with Crippen LogP contribution in [0.4, 0.5) is 17.1 Å². The molecule has 254 valence electrons. The summed E-state index contributed by atoms with van der Waals surface area (Å²) in [6.07, 6.45) is 0. The SMILES string of the molecule is CC1(C)c2ccc(-c3cc4ccc5ccc6ccccc6c5c4c4ccccc34)cc2-c2cc(N(c3ccccc3)c3ccc4ccccc4c3)ccc21. The van der Waals surface area contributed by atoms with Gasteiger partial charge in [0.2, 0.25) is 0 Å². The van der Waals surface area contributed by atoms with E-state index in [1.165, 1.54) is 87.2 Å². The Hall–Kier alpha value is -6.70. The minimum atomic E-state index is -0.117. The number of hydrogen-bond acceptors (Lipinski definition) is 1. The second kappa shape index (κ2) is 11.7. The van der Waals surface area contributed by atoms with Gasteiger partial charge in [-0.3, -0.25) is 0 Å². The van der Waals surface area contributed by atoms with Crippen molar-refractivity contribution in [3.63, 3.8) is 0 Å². The molecule has 1 nitrogen and oxygen atoms in total. The highest BCUT2D eigenvalue weighted by molar-refractivity contribution is 6.29. The van der Waals surface area contributed by atoms with Crippen molar-refractivity contribution in [2.24, 2.45) is 0 Å². The van der Waals surface area contributed by atoms with Gasteiger partial charge in [0, 0.05) is 22.5 Å². The second-order valence-electron chi connectivity index (χ2n) is 15.3. The van der Waals surface area contributed by atoms with Gasteiger partial charge in [-0.1, -0.05) is 153 Å². The predicted octanol–water partition coefficient (Wildman–Crippen LogP) is 14.9. The van der Waals surface area contributed by atoms with E-state index >= 15 is 0 Å². The first kappa shape index (κ1) is 30.9. The molecule has 10 aromatic carbocycles. The molecule has 0 aromatic heterocycles. The van der Waals surface area contributed by atoms with Crippen molar-refractivity contribution in [3.05, 3.63) is 199 Å². The molecule has 1 aliphatic rings. The maximum Gasteiger partial charge on any atom is 0.0468 e. The number of para-hydroxylation sites is 1. The van der Waals surface area contributed by atoms with Gasteiger partial charge in [0.1, 0.15) is 0 Å². The van der Waals surface area contributed by atoms with Gasteiger partial charge in [-0.15, -0.1) is 0 Å². The lowest BCUT2D eigenvalue weighted by Gasteiger charge is -2.27. The lowest BCUT2D eigenvalue weighted by molar-refractivity contribution is 0.660. The third kappa shape index (κ3) is 4.58. The summed E-state index contributed by atoms with van der Waals surface area (Å²) >= 11 is 0. The quantitative estimate of drug-likeness (QED) is 0.167. The first-order valence-corrected chi connectivity index (χ1v) is 18.9. The molecule has 0 radical (unpaired) electrons. The van der Waals surface area contributed by atoms with Crippen molar-refractivity contribution in [1.29, 1.82) is 0 Å². The summed E-state index contributed by atoms with van der Waals surface area (Å²) in [5, 5.41) is 12.8. The lowest BCUT2D eigenvalue weighted by atomic mass is 9.82. The Morgan fingerprint density at radius 1 is 0.333 bits per heavy atom. The third-order valence-electron chi connectivity index (χ3n) is 12.0. The van der Waals surface area contributed by atoms with Crippen LogP contribution in [-0.2, 0) is 5.41 Å². The summed E-state index contributed by atoms with van der Waals surface area (Å²) in [5.41, 5.74) is 11.2. The molecule has 0 unspecified atom stereocenters. The molecule has 1 heteroatoms. The maximum absolute atomic E-state index is 2.46. The number of benzene rings is 10. The van der Waals surface area contributed by atoms with Crippen LogP contribution in [0.2, 0.25) is 0 Å². The van der Waals surface area contributed by atoms with E-state index in [4.69, 9.17) is 0 Å². The smallest absolute Gasteiger partial charge is 0.0468 e. The molecule has 1 aliphatic carbocycles. The lowest BCUT2D eigenvalue weighted by Crippen LogP contribution is -2.15. The third-order valence-corrected chi connectivity index (χ3v) is 12.0. The normalized spacial score (nSPS) is 13.1. The number of rotatable bonds is 4. The van der Waals surface area contributed by atoms with Crippen LogP contribution < -0.4 is 4.90 Å². The van der Waals surface area contributed by atoms with Gasteiger partial charge in [-0.05, 0) is 136 Å². The Bertz CT molecular complexity index is 3130. The minimum Gasteiger partial charge on any atom is -0.310 e. The van der Waals surface area contributed by atoms with Gasteiger partial charge in [0.05, 0.1) is 0 Å². The maximum atomic E-state index is 2.46. The van der Waals surface area contributed by atoms with Gasteiger partial charge in [-0.25, -0.2) is 0 Å². The monoisotopic (exact) mass is 687 g/mol. The van der Waals surface area contributed by atoms with Crippen LogP contribution in [0.25, 0.3) is 76.1 Å². The van der Waals surface area contributed by atoms with E-state index in [0.717, 1.165) is 17.1 Å². The Balaban J connectivity index is 1.11. The van der Waals surface area contributed by atoms with Gasteiger partial charge in [0.25, 0.3) is 0 Å². The summed E-state index contributed by atoms with van der Waals surface area (Å²) in [4.78, 5) is 2.40. The predicted molar refractivity (Wildman–Crippen MR) is 232 cm³/mol. The van der Waals surface area contributed by atoms with Crippen molar-refractivity contribution in [1.82, 2.24) is 0 Å². The molecule has 0 aliphatic heterocycles. The standard InChI is InChI=1S/C53H37N/c1-53(2)49-28-25-38(46-32-39-23-22-36-21-20-35-13-8-9-17-43(35)51(36)52(39)45-19-11-10-18-44(45)46)31-47(49)48-33-42(27-29-50(48)53)54(40-15-4-3-5-16-40)41-26-24-34-12-6-7-14-37(34)30-41/h3-33H,1-2H3. The molecule has 0 saturated heterocycles. The fourth-order valence-electron chi connectivity index (χ4n) is 9.34. The topological polar surface area (TPSA) is 3.24 Å². The fraction of sp³-hybridized carbons (Fsp3) is 0.0566. The molecule has 54 heavy (non-hydrogen) atoms. The molecule has 0 fully saturated rings. The van der Waals surface area contributed by atoms with Gasteiger partial charge in [0.15, 0.2) is 0 Å². The highest BCUT2D eigenvalue weighted by Gasteiger charge is 2.36. The molecule has 0 bridgehead atoms. The van der Waals surface area contributed by atoms with Crippen molar-refractivity contribution in [2.75, 3.05) is 4.90 Å². The second-order valence-corrected chi connectivity index (χ2v) is 15.3. The van der Waals surface area contributed by atoms with E-state index in [1.807, 2.05) is 0 Å². The summed E-state index contributed by atoms with van der Waals surface area (Å²) in [6.45, 7) is 4.74. The summed E-state index contributed by atoms with van der Waals surface area (Å²) < 4.78 is 0. The van der Waals surface area contributed by atoms with Crippen LogP contribution in [-0.4, -0.2) is 0 Å². The van der Waals surface area contributed by atoms with Gasteiger partial charge >= 0.3 is 0 Å². The number of anilines is 3. The van der Waals surface area contributed by atoms with Crippen LogP contribution in [0.1, 0.15) is 25.0 Å². The number of hydrogen-bond donors (Lipinski definition) is 0. The largest absolute Gasteiger partial charge is 0.310 e. The van der Waals surface area contributed by atoms with Gasteiger partial charge in [-0.2, -0.15) is 0 Å².